The zero-order chi connectivity index (χ0) is 14.9. The minimum absolute atomic E-state index is 0.0614. The van der Waals surface area contributed by atoms with E-state index in [2.05, 4.69) is 5.32 Å². The zero-order valence-electron chi connectivity index (χ0n) is 12.8. The number of piperidine rings is 1. The summed E-state index contributed by atoms with van der Waals surface area (Å²) in [6, 6.07) is 0.630. The van der Waals surface area contributed by atoms with Gasteiger partial charge in [-0.05, 0) is 45.1 Å². The Hall–Kier alpha value is -0.210. The van der Waals surface area contributed by atoms with Crippen LogP contribution in [0.1, 0.15) is 32.6 Å². The molecule has 0 bridgehead atoms. The van der Waals surface area contributed by atoms with E-state index in [1.165, 1.54) is 12.8 Å². The van der Waals surface area contributed by atoms with Crippen LogP contribution in [-0.2, 0) is 14.9 Å². The molecule has 7 heteroatoms. The van der Waals surface area contributed by atoms with Gasteiger partial charge in [-0.15, -0.1) is 0 Å². The molecule has 2 saturated heterocycles. The molecule has 3 fully saturated rings. The molecule has 0 radical (unpaired) electrons. The van der Waals surface area contributed by atoms with Gasteiger partial charge in [0.2, 0.25) is 0 Å². The third kappa shape index (κ3) is 3.76. The molecule has 2 unspecified atom stereocenters. The fraction of sp³-hybridized carbons (Fsp3) is 1.00. The molecule has 2 atom stereocenters. The third-order valence-corrected chi connectivity index (χ3v) is 6.80. The summed E-state index contributed by atoms with van der Waals surface area (Å²) in [4.78, 5) is 0. The van der Waals surface area contributed by atoms with Gasteiger partial charge in [-0.3, -0.25) is 0 Å². The Labute approximate surface area is 128 Å². The number of rotatable bonds is 5. The molecule has 1 N–H and O–H groups in total. The molecule has 122 valence electrons. The van der Waals surface area contributed by atoms with Gasteiger partial charge in [0.05, 0.1) is 13.2 Å². The fourth-order valence-electron chi connectivity index (χ4n) is 3.23. The first kappa shape index (κ1) is 15.7. The van der Waals surface area contributed by atoms with Crippen molar-refractivity contribution in [2.75, 3.05) is 39.4 Å². The molecular weight excluding hydrogens is 290 g/mol. The first-order valence-corrected chi connectivity index (χ1v) is 9.55. The molecule has 3 aliphatic rings. The number of ether oxygens (including phenoxy) is 1. The molecule has 1 aliphatic carbocycles. The maximum absolute atomic E-state index is 12.8. The van der Waals surface area contributed by atoms with Crippen molar-refractivity contribution in [3.63, 3.8) is 0 Å². The lowest BCUT2D eigenvalue weighted by molar-refractivity contribution is 0.0354. The highest BCUT2D eigenvalue weighted by molar-refractivity contribution is 7.86. The van der Waals surface area contributed by atoms with Crippen molar-refractivity contribution < 1.29 is 13.2 Å². The van der Waals surface area contributed by atoms with Crippen molar-refractivity contribution in [2.45, 2.75) is 44.7 Å². The summed E-state index contributed by atoms with van der Waals surface area (Å²) in [7, 11) is -3.33. The number of nitrogens with zero attached hydrogens (tertiary/aromatic N) is 2. The second-order valence-corrected chi connectivity index (χ2v) is 8.47. The van der Waals surface area contributed by atoms with Crippen LogP contribution in [0.25, 0.3) is 0 Å². The van der Waals surface area contributed by atoms with E-state index in [0.29, 0.717) is 44.8 Å². The molecule has 2 aliphatic heterocycles. The molecule has 1 saturated carbocycles. The van der Waals surface area contributed by atoms with Crippen LogP contribution in [0.15, 0.2) is 0 Å². The normalized spacial score (nSPS) is 33.2. The maximum Gasteiger partial charge on any atom is 0.282 e. The first-order chi connectivity index (χ1) is 10.1. The lowest BCUT2D eigenvalue weighted by Crippen LogP contribution is -2.55. The second-order valence-electron chi connectivity index (χ2n) is 6.59. The molecule has 0 aromatic carbocycles. The Morgan fingerprint density at radius 1 is 1.24 bits per heavy atom. The maximum atomic E-state index is 12.8. The topological polar surface area (TPSA) is 61.9 Å². The molecule has 0 aromatic rings. The largest absolute Gasteiger partial charge is 0.378 e. The SMILES string of the molecule is CC1COCCN1S(=O)(=O)N1CCCC(CNC2CC2)C1. The van der Waals surface area contributed by atoms with Gasteiger partial charge in [-0.2, -0.15) is 17.0 Å². The van der Waals surface area contributed by atoms with E-state index in [0.717, 1.165) is 19.4 Å². The number of hydrogen-bond acceptors (Lipinski definition) is 4. The van der Waals surface area contributed by atoms with Crippen LogP contribution < -0.4 is 5.32 Å². The quantitative estimate of drug-likeness (QED) is 0.798. The smallest absolute Gasteiger partial charge is 0.282 e. The van der Waals surface area contributed by atoms with Crippen LogP contribution in [0.5, 0.6) is 0 Å². The summed E-state index contributed by atoms with van der Waals surface area (Å²) in [6.45, 7) is 5.68. The molecule has 0 amide bonds. The van der Waals surface area contributed by atoms with Gasteiger partial charge in [0.1, 0.15) is 0 Å². The number of hydrogen-bond donors (Lipinski definition) is 1. The van der Waals surface area contributed by atoms with Crippen molar-refractivity contribution in [1.82, 2.24) is 13.9 Å². The average Bonchev–Trinajstić information content (AvgIpc) is 3.30. The molecule has 0 spiro atoms. The van der Waals surface area contributed by atoms with Crippen molar-refractivity contribution >= 4 is 10.2 Å². The van der Waals surface area contributed by atoms with Crippen LogP contribution in [0.4, 0.5) is 0 Å². The number of morpholine rings is 1. The zero-order valence-corrected chi connectivity index (χ0v) is 13.6. The third-order valence-electron chi connectivity index (χ3n) is 4.68. The Bertz CT molecular complexity index is 452. The second kappa shape index (κ2) is 6.50. The van der Waals surface area contributed by atoms with E-state index in [1.807, 2.05) is 6.92 Å². The fourth-order valence-corrected chi connectivity index (χ4v) is 5.10. The molecular formula is C14H27N3O3S. The summed E-state index contributed by atoms with van der Waals surface area (Å²) < 4.78 is 34.3. The molecule has 21 heavy (non-hydrogen) atoms. The van der Waals surface area contributed by atoms with E-state index in [9.17, 15) is 8.42 Å². The van der Waals surface area contributed by atoms with Gasteiger partial charge >= 0.3 is 0 Å². The minimum atomic E-state index is -3.33. The lowest BCUT2D eigenvalue weighted by Gasteiger charge is -2.39. The van der Waals surface area contributed by atoms with Gasteiger partial charge in [-0.1, -0.05) is 0 Å². The average molecular weight is 317 g/mol. The van der Waals surface area contributed by atoms with Gasteiger partial charge in [0, 0.05) is 31.7 Å². The summed E-state index contributed by atoms with van der Waals surface area (Å²) in [5, 5.41) is 3.53. The van der Waals surface area contributed by atoms with E-state index in [-0.39, 0.29) is 6.04 Å². The van der Waals surface area contributed by atoms with Crippen molar-refractivity contribution in [1.29, 1.82) is 0 Å². The summed E-state index contributed by atoms with van der Waals surface area (Å²) >= 11 is 0. The summed E-state index contributed by atoms with van der Waals surface area (Å²) in [5.74, 6) is 0.450. The van der Waals surface area contributed by atoms with Gasteiger partial charge < -0.3 is 10.1 Å². The van der Waals surface area contributed by atoms with E-state index >= 15 is 0 Å². The Kier molecular flexibility index (Phi) is 4.85. The summed E-state index contributed by atoms with van der Waals surface area (Å²) in [6.07, 6.45) is 4.65. The van der Waals surface area contributed by atoms with Crippen molar-refractivity contribution in [2.24, 2.45) is 5.92 Å². The highest BCUT2D eigenvalue weighted by Crippen LogP contribution is 2.24. The van der Waals surface area contributed by atoms with Crippen LogP contribution >= 0.6 is 0 Å². The highest BCUT2D eigenvalue weighted by atomic mass is 32.2. The Morgan fingerprint density at radius 3 is 2.76 bits per heavy atom. The van der Waals surface area contributed by atoms with Crippen LogP contribution in [0.2, 0.25) is 0 Å². The molecule has 6 nitrogen and oxygen atoms in total. The van der Waals surface area contributed by atoms with Crippen molar-refractivity contribution in [3.05, 3.63) is 0 Å². The first-order valence-electron chi connectivity index (χ1n) is 8.15. The predicted molar refractivity (Wildman–Crippen MR) is 81.2 cm³/mol. The van der Waals surface area contributed by atoms with Gasteiger partial charge in [0.15, 0.2) is 0 Å². The van der Waals surface area contributed by atoms with E-state index < -0.39 is 10.2 Å². The number of nitrogens with one attached hydrogen (secondary N) is 1. The minimum Gasteiger partial charge on any atom is -0.378 e. The lowest BCUT2D eigenvalue weighted by atomic mass is 10.00. The Balaban J connectivity index is 1.60. The standard InChI is InChI=1S/C14H27N3O3S/c1-12-11-20-8-7-17(12)21(18,19)16-6-2-3-13(10-16)9-15-14-4-5-14/h12-15H,2-11H2,1H3. The predicted octanol–water partition coefficient (Wildman–Crippen LogP) is 0.416. The van der Waals surface area contributed by atoms with Crippen LogP contribution in [0.3, 0.4) is 0 Å². The van der Waals surface area contributed by atoms with Gasteiger partial charge in [-0.25, -0.2) is 0 Å². The molecule has 3 rings (SSSR count). The monoisotopic (exact) mass is 317 g/mol. The molecule has 0 aromatic heterocycles. The Morgan fingerprint density at radius 2 is 2.05 bits per heavy atom. The van der Waals surface area contributed by atoms with Crippen molar-refractivity contribution in [3.8, 4) is 0 Å². The van der Waals surface area contributed by atoms with E-state index in [1.54, 1.807) is 8.61 Å². The van der Waals surface area contributed by atoms with Gasteiger partial charge in [0.25, 0.3) is 10.2 Å². The highest BCUT2D eigenvalue weighted by Gasteiger charge is 2.37. The molecule has 2 heterocycles. The van der Waals surface area contributed by atoms with Crippen LogP contribution in [0, 0.1) is 5.92 Å². The van der Waals surface area contributed by atoms with Crippen LogP contribution in [-0.4, -0.2) is 68.5 Å². The van der Waals surface area contributed by atoms with E-state index in [4.69, 9.17) is 4.74 Å². The summed E-state index contributed by atoms with van der Waals surface area (Å²) in [5.41, 5.74) is 0.